The number of thiophene rings is 1. The summed E-state index contributed by atoms with van der Waals surface area (Å²) in [5, 5.41) is 5.89. The molecule has 0 atom stereocenters. The van der Waals surface area contributed by atoms with E-state index in [1.54, 1.807) is 0 Å². The van der Waals surface area contributed by atoms with E-state index in [0.717, 1.165) is 4.57 Å². The van der Waals surface area contributed by atoms with E-state index in [1.165, 1.54) is 0 Å². The second-order valence-electron chi connectivity index (χ2n) is 15.2. The van der Waals surface area contributed by atoms with Crippen LogP contribution in [0.1, 0.15) is 52.2 Å². The molecule has 0 radical (unpaired) electrons. The highest BCUT2D eigenvalue weighted by Gasteiger charge is 2.35. The molecule has 0 saturated heterocycles. The summed E-state index contributed by atoms with van der Waals surface area (Å²) in [5.41, 5.74) is -14.3. The van der Waals surface area contributed by atoms with Gasteiger partial charge in [0.25, 0.3) is 0 Å². The summed E-state index contributed by atoms with van der Waals surface area (Å²) in [4.78, 5) is 4.04. The molecule has 0 spiro atoms. The van der Waals surface area contributed by atoms with Crippen LogP contribution >= 0.6 is 11.3 Å². The van der Waals surface area contributed by atoms with E-state index in [-0.39, 0.29) is 4.70 Å². The standard InChI is InChI=1S/C62H34N6S/c1-64-56-57(65-48-26-10-2-18-37(48)38-19-3-11-27-49(38)65)47(36-63)58(66-50-28-12-4-20-39(50)40-21-5-13-29-51(40)66)61(60(56)67-52-30-14-6-22-41(52)42-23-7-15-31-53(42)67)68-54-32-16-8-24-43(54)45-34-35-46-44-25-9-17-33-55(44)69-62(46)59(45)68/h2-35H/i2D,3D,4D,5D,6D,7D,8D,9D,10D,11D,12D,13D,14D,15D,16D,17D,18D,19D,20D,21D,22D,23D,24D,25D,26D,27D,28D,29D,30D,31D,32D,33D,34D,35D. The molecule has 5 heterocycles. The van der Waals surface area contributed by atoms with Gasteiger partial charge in [0.15, 0.2) is 0 Å². The van der Waals surface area contributed by atoms with Gasteiger partial charge in [0.2, 0.25) is 5.69 Å². The van der Waals surface area contributed by atoms with Crippen LogP contribution in [0.5, 0.6) is 0 Å². The summed E-state index contributed by atoms with van der Waals surface area (Å²) < 4.78 is 324. The molecule has 15 aromatic rings. The first kappa shape index (κ1) is 17.7. The molecule has 0 bridgehead atoms. The summed E-state index contributed by atoms with van der Waals surface area (Å²) >= 11 is 0.466. The van der Waals surface area contributed by atoms with E-state index in [4.69, 9.17) is 11.0 Å². The molecular formula is C62H34N6S. The van der Waals surface area contributed by atoms with E-state index in [0.29, 0.717) is 25.0 Å². The summed E-state index contributed by atoms with van der Waals surface area (Å²) in [5.74, 6) is 0. The third-order valence-corrected chi connectivity index (χ3v) is 13.2. The Kier molecular flexibility index (Phi) is 3.60. The largest absolute Gasteiger partial charge is 0.318 e. The van der Waals surface area contributed by atoms with Gasteiger partial charge in [0.05, 0.1) is 130 Å². The quantitative estimate of drug-likeness (QED) is 0.162. The molecule has 0 saturated carbocycles. The third kappa shape index (κ3) is 4.91. The van der Waals surface area contributed by atoms with Crippen molar-refractivity contribution in [3.05, 3.63) is 222 Å². The maximum Gasteiger partial charge on any atom is 0.237 e. The topological polar surface area (TPSA) is 47.9 Å². The average Bonchev–Trinajstić information content (AvgIpc) is 1.40. The van der Waals surface area contributed by atoms with Gasteiger partial charge in [-0.2, -0.15) is 5.26 Å². The van der Waals surface area contributed by atoms with Crippen LogP contribution in [0.15, 0.2) is 205 Å². The maximum atomic E-state index is 12.9. The molecule has 7 heteroatoms. The summed E-state index contributed by atoms with van der Waals surface area (Å²) in [6.45, 7) is 9.82. The van der Waals surface area contributed by atoms with Crippen LogP contribution in [-0.4, -0.2) is 18.3 Å². The van der Waals surface area contributed by atoms with Gasteiger partial charge in [-0.25, -0.2) is 4.85 Å². The van der Waals surface area contributed by atoms with E-state index >= 15 is 0 Å². The van der Waals surface area contributed by atoms with Crippen LogP contribution in [0.3, 0.4) is 0 Å². The van der Waals surface area contributed by atoms with Gasteiger partial charge in [0, 0.05) is 58.6 Å². The number of rotatable bonds is 4. The first-order valence-corrected chi connectivity index (χ1v) is 21.1. The van der Waals surface area contributed by atoms with E-state index < -0.39 is 342 Å². The molecule has 0 amide bonds. The minimum atomic E-state index is -1.26. The monoisotopic (exact) mass is 928 g/mol. The molecule has 15 rings (SSSR count). The van der Waals surface area contributed by atoms with E-state index in [1.807, 2.05) is 6.07 Å². The summed E-state index contributed by atoms with van der Waals surface area (Å²) in [6.07, 6.45) is 0. The zero-order chi connectivity index (χ0) is 75.1. The molecule has 0 unspecified atom stereocenters. The van der Waals surface area contributed by atoms with Crippen molar-refractivity contribution in [3.8, 4) is 28.8 Å². The van der Waals surface area contributed by atoms with Gasteiger partial charge in [-0.15, -0.1) is 11.3 Å². The lowest BCUT2D eigenvalue weighted by atomic mass is 10.0. The predicted molar refractivity (Wildman–Crippen MR) is 288 cm³/mol. The number of nitriles is 1. The molecule has 5 aromatic heterocycles. The highest BCUT2D eigenvalue weighted by atomic mass is 32.1. The fraction of sp³-hybridized carbons (Fsp3) is 0. The molecule has 0 aliphatic rings. The van der Waals surface area contributed by atoms with Crippen LogP contribution < -0.4 is 0 Å². The number of nitrogens with zero attached hydrogens (tertiary/aromatic N) is 6. The number of hydrogen-bond acceptors (Lipinski definition) is 2. The van der Waals surface area contributed by atoms with Gasteiger partial charge in [-0.3, -0.25) is 0 Å². The Bertz CT molecular complexity index is 6450. The SMILES string of the molecule is [2H]c1c([2H])c([2H])c2c(sc3c2c([2H])c([2H])c2c4c([2H])c([2H])c([2H])c([2H])c4n(-c4c(-n5c6c([2H])c([2H])c([2H])c([2H])c6c6c([2H])c([2H])c([2H])c([2H])c65)c(C#N)c(-n5c6c([2H])c([2H])c([2H])c([2H])c6c6c([2H])c([2H])c([2H])c([2H])c65)c([N+]#[C-])c4-n4c5c([2H])c([2H])c([2H])c([2H])c5c5c([2H])c([2H])c([2H])c([2H])c54)c32)c1[2H]. The number of para-hydroxylation sites is 7. The lowest BCUT2D eigenvalue weighted by Crippen LogP contribution is -2.14. The van der Waals surface area contributed by atoms with Crippen molar-refractivity contribution in [3.63, 3.8) is 0 Å². The Morgan fingerprint density at radius 3 is 1.16 bits per heavy atom. The Labute approximate surface area is 445 Å². The van der Waals surface area contributed by atoms with Gasteiger partial charge >= 0.3 is 0 Å². The number of hydrogen-bond donors (Lipinski definition) is 0. The van der Waals surface area contributed by atoms with Crippen molar-refractivity contribution in [2.75, 3.05) is 0 Å². The van der Waals surface area contributed by atoms with Crippen LogP contribution in [0.4, 0.5) is 5.69 Å². The fourth-order valence-electron chi connectivity index (χ4n) is 9.48. The van der Waals surface area contributed by atoms with Crippen molar-refractivity contribution < 1.29 is 46.6 Å². The molecule has 0 aliphatic carbocycles. The molecular weight excluding hydrogens is 861 g/mol. The highest BCUT2D eigenvalue weighted by Crippen LogP contribution is 2.53. The maximum absolute atomic E-state index is 12.9. The molecule has 0 N–H and O–H groups in total. The minimum absolute atomic E-state index is 0.350. The average molecular weight is 929 g/mol. The van der Waals surface area contributed by atoms with Crippen LogP contribution in [0.25, 0.3) is 135 Å². The van der Waals surface area contributed by atoms with Gasteiger partial charge < -0.3 is 18.3 Å². The predicted octanol–water partition coefficient (Wildman–Crippen LogP) is 16.9. The first-order valence-electron chi connectivity index (χ1n) is 37.3. The summed E-state index contributed by atoms with van der Waals surface area (Å²) in [6, 6.07) is -33.6. The van der Waals surface area contributed by atoms with Crippen LogP contribution in [0, 0.1) is 17.9 Å². The molecule has 10 aromatic carbocycles. The minimum Gasteiger partial charge on any atom is -0.318 e. The van der Waals surface area contributed by atoms with Crippen LogP contribution in [-0.2, 0) is 0 Å². The van der Waals surface area contributed by atoms with E-state index in [2.05, 4.69) is 4.85 Å². The van der Waals surface area contributed by atoms with Crippen molar-refractivity contribution in [2.24, 2.45) is 0 Å². The smallest absolute Gasteiger partial charge is 0.237 e. The van der Waals surface area contributed by atoms with Gasteiger partial charge in [-0.1, -0.05) is 157 Å². The molecule has 318 valence electrons. The number of benzene rings is 10. The Hall–Kier alpha value is -9.40. The first-order chi connectivity index (χ1) is 48.3. The van der Waals surface area contributed by atoms with Gasteiger partial charge in [-0.05, 0) is 48.3 Å². The van der Waals surface area contributed by atoms with Gasteiger partial charge in [0.1, 0.15) is 6.07 Å². The second-order valence-corrected chi connectivity index (χ2v) is 16.3. The second kappa shape index (κ2) is 14.1. The Balaban J connectivity index is 1.46. The molecule has 0 aliphatic heterocycles. The zero-order valence-electron chi connectivity index (χ0n) is 68.1. The zero-order valence-corrected chi connectivity index (χ0v) is 34.9. The fourth-order valence-corrected chi connectivity index (χ4v) is 10.6. The lowest BCUT2D eigenvalue weighted by molar-refractivity contribution is 1.03. The third-order valence-electron chi connectivity index (χ3n) is 12.1. The molecule has 6 nitrogen and oxygen atoms in total. The number of aromatic nitrogens is 4. The van der Waals surface area contributed by atoms with Crippen molar-refractivity contribution in [2.45, 2.75) is 0 Å². The normalized spacial score (nSPS) is 18.9. The van der Waals surface area contributed by atoms with Crippen molar-refractivity contribution in [1.29, 1.82) is 5.26 Å². The highest BCUT2D eigenvalue weighted by molar-refractivity contribution is 7.26. The van der Waals surface area contributed by atoms with E-state index in [9.17, 15) is 47.5 Å². The Morgan fingerprint density at radius 1 is 0.377 bits per heavy atom. The Morgan fingerprint density at radius 2 is 0.725 bits per heavy atom. The molecule has 0 fully saturated rings. The molecule has 69 heavy (non-hydrogen) atoms. The van der Waals surface area contributed by atoms with Crippen molar-refractivity contribution >= 4 is 124 Å². The van der Waals surface area contributed by atoms with Crippen molar-refractivity contribution in [1.82, 2.24) is 18.3 Å². The lowest BCUT2D eigenvalue weighted by Gasteiger charge is -2.27. The van der Waals surface area contributed by atoms with Crippen LogP contribution in [0.2, 0.25) is 0 Å². The number of fused-ring (bicyclic) bond motifs is 16. The summed E-state index contributed by atoms with van der Waals surface area (Å²) in [7, 11) is 0.